The number of anilines is 1. The first-order chi connectivity index (χ1) is 12.5. The standard InChI is InChI=1S/C21H23NO4/c1-15-16(14-26-17-8-3-2-4-9-17)7-5-10-18(15)22-19(23)13-21(20(24)25)11-6-12-21/h2-5,7-10H,6,11-14H2,1H3,(H,22,23)(H,24,25). The van der Waals surface area contributed by atoms with Gasteiger partial charge in [-0.25, -0.2) is 0 Å². The molecule has 26 heavy (non-hydrogen) atoms. The summed E-state index contributed by atoms with van der Waals surface area (Å²) in [6.07, 6.45) is 2.02. The van der Waals surface area contributed by atoms with Crippen LogP contribution in [0.15, 0.2) is 48.5 Å². The SMILES string of the molecule is Cc1c(COc2ccccc2)cccc1NC(=O)CC1(C(=O)O)CCC1. The molecule has 2 aromatic rings. The third-order valence-electron chi connectivity index (χ3n) is 5.12. The quantitative estimate of drug-likeness (QED) is 0.784. The summed E-state index contributed by atoms with van der Waals surface area (Å²) in [5, 5.41) is 12.2. The molecule has 0 heterocycles. The fourth-order valence-corrected chi connectivity index (χ4v) is 3.22. The first kappa shape index (κ1) is 18.0. The van der Waals surface area contributed by atoms with E-state index >= 15 is 0 Å². The fraction of sp³-hybridized carbons (Fsp3) is 0.333. The number of aliphatic carboxylic acids is 1. The lowest BCUT2D eigenvalue weighted by atomic mass is 9.66. The second-order valence-corrected chi connectivity index (χ2v) is 6.86. The predicted molar refractivity (Wildman–Crippen MR) is 99.1 cm³/mol. The number of carboxylic acids is 1. The van der Waals surface area contributed by atoms with E-state index < -0.39 is 11.4 Å². The molecule has 1 fully saturated rings. The number of carbonyl (C=O) groups is 2. The van der Waals surface area contributed by atoms with Crippen LogP contribution in [0.4, 0.5) is 5.69 Å². The molecule has 2 N–H and O–H groups in total. The second kappa shape index (κ2) is 7.60. The zero-order valence-corrected chi connectivity index (χ0v) is 14.8. The smallest absolute Gasteiger partial charge is 0.310 e. The maximum Gasteiger partial charge on any atom is 0.310 e. The van der Waals surface area contributed by atoms with Crippen molar-refractivity contribution in [3.63, 3.8) is 0 Å². The summed E-state index contributed by atoms with van der Waals surface area (Å²) >= 11 is 0. The number of hydrogen-bond donors (Lipinski definition) is 2. The zero-order valence-electron chi connectivity index (χ0n) is 14.8. The van der Waals surface area contributed by atoms with Gasteiger partial charge in [0.1, 0.15) is 12.4 Å². The third-order valence-corrected chi connectivity index (χ3v) is 5.12. The molecule has 0 spiro atoms. The van der Waals surface area contributed by atoms with Crippen molar-refractivity contribution in [3.05, 3.63) is 59.7 Å². The molecule has 0 unspecified atom stereocenters. The highest BCUT2D eigenvalue weighted by atomic mass is 16.5. The first-order valence-electron chi connectivity index (χ1n) is 8.80. The highest BCUT2D eigenvalue weighted by Gasteiger charge is 2.45. The molecular formula is C21H23NO4. The van der Waals surface area contributed by atoms with Gasteiger partial charge in [-0.1, -0.05) is 36.8 Å². The molecule has 1 saturated carbocycles. The van der Waals surface area contributed by atoms with Gasteiger partial charge < -0.3 is 15.2 Å². The summed E-state index contributed by atoms with van der Waals surface area (Å²) in [5.74, 6) is -0.341. The minimum absolute atomic E-state index is 0.0204. The van der Waals surface area contributed by atoms with E-state index in [4.69, 9.17) is 4.74 Å². The van der Waals surface area contributed by atoms with Gasteiger partial charge in [0.25, 0.3) is 0 Å². The fourth-order valence-electron chi connectivity index (χ4n) is 3.22. The number of para-hydroxylation sites is 1. The van der Waals surface area contributed by atoms with Gasteiger partial charge in [0.15, 0.2) is 0 Å². The molecular weight excluding hydrogens is 330 g/mol. The minimum Gasteiger partial charge on any atom is -0.489 e. The van der Waals surface area contributed by atoms with Crippen molar-refractivity contribution < 1.29 is 19.4 Å². The van der Waals surface area contributed by atoms with Crippen LogP contribution < -0.4 is 10.1 Å². The molecule has 0 radical (unpaired) electrons. The summed E-state index contributed by atoms with van der Waals surface area (Å²) in [6.45, 7) is 2.33. The lowest BCUT2D eigenvalue weighted by Gasteiger charge is -2.37. The summed E-state index contributed by atoms with van der Waals surface area (Å²) in [6, 6.07) is 15.2. The molecule has 0 aromatic heterocycles. The van der Waals surface area contributed by atoms with Gasteiger partial charge in [0.2, 0.25) is 5.91 Å². The molecule has 0 aliphatic heterocycles. The Hall–Kier alpha value is -2.82. The summed E-state index contributed by atoms with van der Waals surface area (Å²) < 4.78 is 5.78. The first-order valence-corrected chi connectivity index (χ1v) is 8.80. The molecule has 5 heteroatoms. The van der Waals surface area contributed by atoms with E-state index in [1.165, 1.54) is 0 Å². The molecule has 1 aliphatic rings. The third kappa shape index (κ3) is 3.87. The monoisotopic (exact) mass is 353 g/mol. The molecule has 0 bridgehead atoms. The van der Waals surface area contributed by atoms with Crippen LogP contribution in [0, 0.1) is 12.3 Å². The highest BCUT2D eigenvalue weighted by Crippen LogP contribution is 2.44. The van der Waals surface area contributed by atoms with Crippen molar-refractivity contribution in [3.8, 4) is 5.75 Å². The van der Waals surface area contributed by atoms with Crippen LogP contribution in [0.3, 0.4) is 0 Å². The van der Waals surface area contributed by atoms with Gasteiger partial charge in [-0.05, 0) is 49.1 Å². The van der Waals surface area contributed by atoms with Gasteiger partial charge in [0, 0.05) is 12.1 Å². The van der Waals surface area contributed by atoms with Crippen LogP contribution in [0.5, 0.6) is 5.75 Å². The molecule has 2 aromatic carbocycles. The number of nitrogens with one attached hydrogen (secondary N) is 1. The molecule has 5 nitrogen and oxygen atoms in total. The number of ether oxygens (including phenoxy) is 1. The van der Waals surface area contributed by atoms with Gasteiger partial charge in [-0.15, -0.1) is 0 Å². The van der Waals surface area contributed by atoms with Crippen LogP contribution in [-0.2, 0) is 16.2 Å². The van der Waals surface area contributed by atoms with Crippen LogP contribution in [0.25, 0.3) is 0 Å². The highest BCUT2D eigenvalue weighted by molar-refractivity contribution is 5.95. The van der Waals surface area contributed by atoms with Crippen molar-refractivity contribution >= 4 is 17.6 Å². The lowest BCUT2D eigenvalue weighted by molar-refractivity contribution is -0.157. The number of hydrogen-bond acceptors (Lipinski definition) is 3. The van der Waals surface area contributed by atoms with Crippen molar-refractivity contribution in [2.45, 2.75) is 39.2 Å². The Morgan fingerprint density at radius 3 is 2.46 bits per heavy atom. The Labute approximate surface area is 153 Å². The molecule has 3 rings (SSSR count). The Morgan fingerprint density at radius 1 is 1.12 bits per heavy atom. The summed E-state index contributed by atoms with van der Waals surface area (Å²) in [4.78, 5) is 23.8. The molecule has 136 valence electrons. The topological polar surface area (TPSA) is 75.6 Å². The van der Waals surface area contributed by atoms with Crippen LogP contribution in [0.1, 0.15) is 36.8 Å². The van der Waals surface area contributed by atoms with Crippen molar-refractivity contribution in [2.75, 3.05) is 5.32 Å². The summed E-state index contributed by atoms with van der Waals surface area (Å²) in [5.41, 5.74) is 1.72. The normalized spacial score (nSPS) is 15.0. The largest absolute Gasteiger partial charge is 0.489 e. The second-order valence-electron chi connectivity index (χ2n) is 6.86. The number of carbonyl (C=O) groups excluding carboxylic acids is 1. The van der Waals surface area contributed by atoms with Gasteiger partial charge in [-0.3, -0.25) is 9.59 Å². The Kier molecular flexibility index (Phi) is 5.26. The molecule has 1 amide bonds. The van der Waals surface area contributed by atoms with Crippen LogP contribution >= 0.6 is 0 Å². The van der Waals surface area contributed by atoms with Gasteiger partial charge in [-0.2, -0.15) is 0 Å². The van der Waals surface area contributed by atoms with Crippen molar-refractivity contribution in [1.29, 1.82) is 0 Å². The maximum atomic E-state index is 12.4. The number of carboxylic acid groups (broad SMARTS) is 1. The van der Waals surface area contributed by atoms with Gasteiger partial charge in [0.05, 0.1) is 5.41 Å². The maximum absolute atomic E-state index is 12.4. The van der Waals surface area contributed by atoms with E-state index in [-0.39, 0.29) is 12.3 Å². The lowest BCUT2D eigenvalue weighted by Crippen LogP contribution is -2.41. The minimum atomic E-state index is -0.883. The van der Waals surface area contributed by atoms with Crippen LogP contribution in [0.2, 0.25) is 0 Å². The Morgan fingerprint density at radius 2 is 1.85 bits per heavy atom. The predicted octanol–water partition coefficient (Wildman–Crippen LogP) is 4.16. The van der Waals surface area contributed by atoms with Crippen molar-refractivity contribution in [1.82, 2.24) is 0 Å². The Bertz CT molecular complexity index is 797. The van der Waals surface area contributed by atoms with Crippen molar-refractivity contribution in [2.24, 2.45) is 5.41 Å². The van der Waals surface area contributed by atoms with Crippen LogP contribution in [-0.4, -0.2) is 17.0 Å². The zero-order chi connectivity index (χ0) is 18.6. The number of benzene rings is 2. The molecule has 1 aliphatic carbocycles. The van der Waals surface area contributed by atoms with E-state index in [0.717, 1.165) is 23.3 Å². The van der Waals surface area contributed by atoms with E-state index in [1.54, 1.807) is 0 Å². The van der Waals surface area contributed by atoms with Gasteiger partial charge >= 0.3 is 5.97 Å². The number of amides is 1. The summed E-state index contributed by atoms with van der Waals surface area (Å²) in [7, 11) is 0. The molecule has 0 saturated heterocycles. The van der Waals surface area contributed by atoms with E-state index in [1.807, 2.05) is 55.5 Å². The van der Waals surface area contributed by atoms with E-state index in [0.29, 0.717) is 25.1 Å². The average molecular weight is 353 g/mol. The van der Waals surface area contributed by atoms with E-state index in [9.17, 15) is 14.7 Å². The molecule has 0 atom stereocenters. The Balaban J connectivity index is 1.65. The number of rotatable bonds is 7. The van der Waals surface area contributed by atoms with E-state index in [2.05, 4.69) is 5.32 Å². The average Bonchev–Trinajstić information content (AvgIpc) is 2.59.